The molecule has 156 valence electrons. The molecule has 0 saturated carbocycles. The van der Waals surface area contributed by atoms with Crippen LogP contribution >= 0.6 is 23.1 Å². The molecule has 0 spiro atoms. The number of thiazole rings is 1. The van der Waals surface area contributed by atoms with Crippen LogP contribution in [0.4, 0.5) is 5.82 Å². The zero-order valence-electron chi connectivity index (χ0n) is 17.2. The van der Waals surface area contributed by atoms with Crippen LogP contribution in [-0.2, 0) is 15.0 Å². The van der Waals surface area contributed by atoms with Gasteiger partial charge in [0, 0.05) is 36.0 Å². The van der Waals surface area contributed by atoms with Crippen LogP contribution in [0.5, 0.6) is 0 Å². The molecule has 2 aromatic heterocycles. The van der Waals surface area contributed by atoms with Crippen LogP contribution in [0.2, 0.25) is 0 Å². The molecular formula is C21H28N4O2S2. The zero-order chi connectivity index (χ0) is 20.9. The number of thioether (sulfide) groups is 1. The first-order valence-electron chi connectivity index (χ1n) is 9.85. The number of pyridine rings is 1. The highest BCUT2D eigenvalue weighted by molar-refractivity contribution is 8.00. The van der Waals surface area contributed by atoms with Gasteiger partial charge >= 0.3 is 0 Å². The number of nitrogens with zero attached hydrogens (tertiary/aromatic N) is 3. The third-order valence-electron chi connectivity index (χ3n) is 4.88. The average Bonchev–Trinajstić information content (AvgIpc) is 3.19. The predicted molar refractivity (Wildman–Crippen MR) is 120 cm³/mol. The minimum atomic E-state index is -0.140. The molecule has 6 nitrogen and oxygen atoms in total. The van der Waals surface area contributed by atoms with Gasteiger partial charge in [0.2, 0.25) is 11.8 Å². The van der Waals surface area contributed by atoms with Gasteiger partial charge in [-0.3, -0.25) is 9.59 Å². The van der Waals surface area contributed by atoms with Gasteiger partial charge in [0.25, 0.3) is 0 Å². The molecule has 0 aromatic carbocycles. The summed E-state index contributed by atoms with van der Waals surface area (Å²) in [6.45, 7) is 8.06. The molecule has 0 aliphatic carbocycles. The SMILES string of the molecule is CC(C)(C)c1csc(C2CCN(C(=O)CSCC(=O)Nc3ccccn3)CC2)n1. The van der Waals surface area contributed by atoms with E-state index >= 15 is 0 Å². The van der Waals surface area contributed by atoms with Gasteiger partial charge in [-0.1, -0.05) is 26.8 Å². The van der Waals surface area contributed by atoms with Crippen LogP contribution in [0.3, 0.4) is 0 Å². The Kier molecular flexibility index (Phi) is 7.29. The molecule has 0 bridgehead atoms. The van der Waals surface area contributed by atoms with Gasteiger partial charge in [-0.05, 0) is 25.0 Å². The van der Waals surface area contributed by atoms with Crippen molar-refractivity contribution in [3.05, 3.63) is 40.5 Å². The van der Waals surface area contributed by atoms with E-state index in [9.17, 15) is 9.59 Å². The van der Waals surface area contributed by atoms with Crippen LogP contribution in [0.1, 0.15) is 50.2 Å². The van der Waals surface area contributed by atoms with E-state index in [1.807, 2.05) is 11.0 Å². The first-order valence-corrected chi connectivity index (χ1v) is 11.9. The molecule has 3 heterocycles. The van der Waals surface area contributed by atoms with E-state index < -0.39 is 0 Å². The monoisotopic (exact) mass is 432 g/mol. The van der Waals surface area contributed by atoms with Crippen LogP contribution in [0.25, 0.3) is 0 Å². The summed E-state index contributed by atoms with van der Waals surface area (Å²) in [7, 11) is 0. The lowest BCUT2D eigenvalue weighted by Crippen LogP contribution is -2.39. The number of anilines is 1. The Morgan fingerprint density at radius 2 is 2.00 bits per heavy atom. The molecule has 2 aromatic rings. The van der Waals surface area contributed by atoms with Crippen molar-refractivity contribution in [2.75, 3.05) is 29.9 Å². The average molecular weight is 433 g/mol. The maximum absolute atomic E-state index is 12.5. The Balaban J connectivity index is 1.38. The number of nitrogens with one attached hydrogen (secondary N) is 1. The second kappa shape index (κ2) is 9.71. The van der Waals surface area contributed by atoms with E-state index in [0.29, 0.717) is 17.5 Å². The summed E-state index contributed by atoms with van der Waals surface area (Å²) >= 11 is 3.09. The maximum atomic E-state index is 12.5. The van der Waals surface area contributed by atoms with Crippen LogP contribution < -0.4 is 5.32 Å². The van der Waals surface area contributed by atoms with Crippen molar-refractivity contribution in [1.29, 1.82) is 0 Å². The normalized spacial score (nSPS) is 15.3. The lowest BCUT2D eigenvalue weighted by Gasteiger charge is -2.31. The van der Waals surface area contributed by atoms with Crippen molar-refractivity contribution in [2.24, 2.45) is 0 Å². The molecule has 1 N–H and O–H groups in total. The minimum Gasteiger partial charge on any atom is -0.342 e. The molecule has 29 heavy (non-hydrogen) atoms. The number of aromatic nitrogens is 2. The smallest absolute Gasteiger partial charge is 0.235 e. The molecule has 1 aliphatic heterocycles. The molecule has 1 fully saturated rings. The van der Waals surface area contributed by atoms with Gasteiger partial charge in [0.05, 0.1) is 22.2 Å². The van der Waals surface area contributed by atoms with Crippen molar-refractivity contribution in [1.82, 2.24) is 14.9 Å². The van der Waals surface area contributed by atoms with Crippen LogP contribution in [0.15, 0.2) is 29.8 Å². The second-order valence-electron chi connectivity index (χ2n) is 8.23. The van der Waals surface area contributed by atoms with E-state index in [-0.39, 0.29) is 23.0 Å². The van der Waals surface area contributed by atoms with Crippen molar-refractivity contribution < 1.29 is 9.59 Å². The quantitative estimate of drug-likeness (QED) is 0.749. The summed E-state index contributed by atoms with van der Waals surface area (Å²) in [5.41, 5.74) is 1.22. The second-order valence-corrected chi connectivity index (χ2v) is 10.1. The van der Waals surface area contributed by atoms with Gasteiger partial charge in [0.1, 0.15) is 5.82 Å². The fraction of sp³-hybridized carbons (Fsp3) is 0.524. The van der Waals surface area contributed by atoms with Gasteiger partial charge in [-0.25, -0.2) is 9.97 Å². The largest absolute Gasteiger partial charge is 0.342 e. The van der Waals surface area contributed by atoms with Crippen LogP contribution in [0, 0.1) is 0 Å². The molecule has 0 radical (unpaired) electrons. The van der Waals surface area contributed by atoms with E-state index in [0.717, 1.165) is 31.6 Å². The molecule has 2 amide bonds. The zero-order valence-corrected chi connectivity index (χ0v) is 18.8. The highest BCUT2D eigenvalue weighted by Gasteiger charge is 2.27. The molecule has 0 unspecified atom stereocenters. The standard InChI is InChI=1S/C21H28N4O2S2/c1-21(2,3)16-12-29-20(23-16)15-7-10-25(11-8-15)19(27)14-28-13-18(26)24-17-6-4-5-9-22-17/h4-6,9,12,15H,7-8,10-11,13-14H2,1-3H3,(H,22,24,26). The number of rotatable bonds is 6. The highest BCUT2D eigenvalue weighted by Crippen LogP contribution is 2.33. The summed E-state index contributed by atoms with van der Waals surface area (Å²) < 4.78 is 0. The number of hydrogen-bond donors (Lipinski definition) is 1. The van der Waals surface area contributed by atoms with E-state index in [4.69, 9.17) is 4.98 Å². The summed E-state index contributed by atoms with van der Waals surface area (Å²) in [4.78, 5) is 35.2. The molecule has 1 aliphatic rings. The summed E-state index contributed by atoms with van der Waals surface area (Å²) in [5.74, 6) is 1.51. The Bertz CT molecular complexity index is 825. The van der Waals surface area contributed by atoms with E-state index in [2.05, 4.69) is 36.5 Å². The number of carbonyl (C=O) groups is 2. The van der Waals surface area contributed by atoms with Crippen molar-refractivity contribution >= 4 is 40.7 Å². The van der Waals surface area contributed by atoms with E-state index in [1.54, 1.807) is 29.7 Å². The summed E-state index contributed by atoms with van der Waals surface area (Å²) in [6.07, 6.45) is 3.53. The van der Waals surface area contributed by atoms with Crippen molar-refractivity contribution in [3.8, 4) is 0 Å². The topological polar surface area (TPSA) is 75.2 Å². The van der Waals surface area contributed by atoms with Crippen LogP contribution in [-0.4, -0.2) is 51.3 Å². The number of piperidine rings is 1. The minimum absolute atomic E-state index is 0.0749. The van der Waals surface area contributed by atoms with Gasteiger partial charge in [-0.2, -0.15) is 0 Å². The Morgan fingerprint density at radius 1 is 1.24 bits per heavy atom. The maximum Gasteiger partial charge on any atom is 0.235 e. The van der Waals surface area contributed by atoms with Gasteiger partial charge < -0.3 is 10.2 Å². The first kappa shape index (κ1) is 21.8. The fourth-order valence-electron chi connectivity index (χ4n) is 3.13. The fourth-order valence-corrected chi connectivity index (χ4v) is 5.07. The lowest BCUT2D eigenvalue weighted by atomic mass is 9.93. The van der Waals surface area contributed by atoms with Crippen molar-refractivity contribution in [2.45, 2.75) is 44.9 Å². The number of carbonyl (C=O) groups excluding carboxylic acids is 2. The summed E-state index contributed by atoms with van der Waals surface area (Å²) in [6, 6.07) is 5.35. The van der Waals surface area contributed by atoms with Crippen molar-refractivity contribution in [3.63, 3.8) is 0 Å². The lowest BCUT2D eigenvalue weighted by molar-refractivity contribution is -0.129. The van der Waals surface area contributed by atoms with Gasteiger partial charge in [-0.15, -0.1) is 23.1 Å². The number of amides is 2. The summed E-state index contributed by atoms with van der Waals surface area (Å²) in [5, 5.41) is 6.09. The number of hydrogen-bond acceptors (Lipinski definition) is 6. The number of likely N-dealkylation sites (tertiary alicyclic amines) is 1. The first-order chi connectivity index (χ1) is 13.8. The third kappa shape index (κ3) is 6.27. The molecule has 3 rings (SSSR count). The Morgan fingerprint density at radius 3 is 2.62 bits per heavy atom. The van der Waals surface area contributed by atoms with E-state index in [1.165, 1.54) is 16.8 Å². The molecule has 0 atom stereocenters. The molecule has 8 heteroatoms. The Hall–Kier alpha value is -1.93. The highest BCUT2D eigenvalue weighted by atomic mass is 32.2. The molecular weight excluding hydrogens is 404 g/mol. The third-order valence-corrected chi connectivity index (χ3v) is 6.80. The molecule has 1 saturated heterocycles. The Labute approximate surface area is 180 Å². The predicted octanol–water partition coefficient (Wildman–Crippen LogP) is 3.91. The van der Waals surface area contributed by atoms with Gasteiger partial charge in [0.15, 0.2) is 0 Å².